The van der Waals surface area contributed by atoms with E-state index < -0.39 is 5.38 Å². The number of hydrogen-bond acceptors (Lipinski definition) is 2. The Morgan fingerprint density at radius 1 is 1.33 bits per heavy atom. The number of benzene rings is 1. The maximum Gasteiger partial charge on any atom is 0.247 e. The van der Waals surface area contributed by atoms with Crippen LogP contribution in [0.25, 0.3) is 0 Å². The Hall–Kier alpha value is -1.81. The third kappa shape index (κ3) is 2.54. The molecule has 0 saturated carbocycles. The van der Waals surface area contributed by atoms with E-state index in [4.69, 9.17) is 11.6 Å². The van der Waals surface area contributed by atoms with Crippen molar-refractivity contribution >= 4 is 23.2 Å². The molecule has 0 spiro atoms. The predicted molar refractivity (Wildman–Crippen MR) is 71.7 cm³/mol. The van der Waals surface area contributed by atoms with Gasteiger partial charge in [0.15, 0.2) is 0 Å². The molecule has 0 bridgehead atoms. The van der Waals surface area contributed by atoms with Crippen LogP contribution in [0.4, 0.5) is 5.69 Å². The van der Waals surface area contributed by atoms with Crippen LogP contribution < -0.4 is 5.32 Å². The molecule has 4 nitrogen and oxygen atoms in total. The number of nitrogens with zero attached hydrogens (tertiary/aromatic N) is 1. The summed E-state index contributed by atoms with van der Waals surface area (Å²) in [5.41, 5.74) is 3.03. The zero-order valence-electron chi connectivity index (χ0n) is 10.2. The van der Waals surface area contributed by atoms with E-state index in [0.717, 1.165) is 17.0 Å². The number of alkyl halides is 1. The van der Waals surface area contributed by atoms with Gasteiger partial charge < -0.3 is 5.32 Å². The first-order valence-corrected chi connectivity index (χ1v) is 6.04. The highest BCUT2D eigenvalue weighted by molar-refractivity contribution is 6.32. The smallest absolute Gasteiger partial charge is 0.247 e. The van der Waals surface area contributed by atoms with Crippen molar-refractivity contribution in [3.8, 4) is 0 Å². The average molecular weight is 264 g/mol. The van der Waals surface area contributed by atoms with Crippen LogP contribution in [-0.2, 0) is 4.79 Å². The first kappa shape index (κ1) is 12.6. The number of H-pyrrole nitrogens is 1. The number of carbonyl (C=O) groups is 1. The van der Waals surface area contributed by atoms with Crippen LogP contribution in [0.1, 0.15) is 22.3 Å². The Bertz CT molecular complexity index is 531. The van der Waals surface area contributed by atoms with E-state index in [2.05, 4.69) is 15.5 Å². The van der Waals surface area contributed by atoms with Crippen LogP contribution in [0.5, 0.6) is 0 Å². The van der Waals surface area contributed by atoms with Crippen LogP contribution in [0.3, 0.4) is 0 Å². The van der Waals surface area contributed by atoms with Gasteiger partial charge in [-0.15, -0.1) is 11.6 Å². The van der Waals surface area contributed by atoms with Gasteiger partial charge in [-0.05, 0) is 19.4 Å². The number of anilines is 1. The zero-order chi connectivity index (χ0) is 13.1. The molecule has 2 aromatic rings. The molecule has 18 heavy (non-hydrogen) atoms. The summed E-state index contributed by atoms with van der Waals surface area (Å²) >= 11 is 6.14. The highest BCUT2D eigenvalue weighted by Gasteiger charge is 2.19. The molecule has 0 aliphatic heterocycles. The highest BCUT2D eigenvalue weighted by atomic mass is 35.5. The fourth-order valence-electron chi connectivity index (χ4n) is 1.70. The Balaban J connectivity index is 2.14. The predicted octanol–water partition coefficient (Wildman–Crippen LogP) is 2.95. The van der Waals surface area contributed by atoms with Crippen molar-refractivity contribution in [2.24, 2.45) is 0 Å². The van der Waals surface area contributed by atoms with E-state index in [9.17, 15) is 4.79 Å². The SMILES string of the molecule is Cc1n[nH]c(C)c1NC(=O)C(Cl)c1ccccc1. The molecule has 2 rings (SSSR count). The molecule has 94 valence electrons. The average Bonchev–Trinajstić information content (AvgIpc) is 2.70. The summed E-state index contributed by atoms with van der Waals surface area (Å²) in [4.78, 5) is 12.0. The second-order valence-electron chi connectivity index (χ2n) is 4.07. The standard InChI is InChI=1S/C13H14ClN3O/c1-8-12(9(2)17-16-8)15-13(18)11(14)10-6-4-3-5-7-10/h3-7,11H,1-2H3,(H,15,18)(H,16,17). The number of halogens is 1. The molecule has 1 unspecified atom stereocenters. The van der Waals surface area contributed by atoms with Crippen LogP contribution in [-0.4, -0.2) is 16.1 Å². The van der Waals surface area contributed by atoms with Crippen LogP contribution in [0.15, 0.2) is 30.3 Å². The number of rotatable bonds is 3. The van der Waals surface area contributed by atoms with Gasteiger partial charge in [-0.1, -0.05) is 30.3 Å². The van der Waals surface area contributed by atoms with Crippen molar-refractivity contribution in [3.63, 3.8) is 0 Å². The molecule has 1 aromatic heterocycles. The zero-order valence-corrected chi connectivity index (χ0v) is 11.0. The summed E-state index contributed by atoms with van der Waals surface area (Å²) in [6.45, 7) is 3.67. The summed E-state index contributed by atoms with van der Waals surface area (Å²) in [6, 6.07) is 9.24. The lowest BCUT2D eigenvalue weighted by atomic mass is 10.1. The van der Waals surface area contributed by atoms with Crippen molar-refractivity contribution in [1.29, 1.82) is 0 Å². The van der Waals surface area contributed by atoms with E-state index in [1.54, 1.807) is 0 Å². The minimum Gasteiger partial charge on any atom is -0.321 e. The van der Waals surface area contributed by atoms with E-state index in [-0.39, 0.29) is 5.91 Å². The maximum absolute atomic E-state index is 12.0. The molecule has 0 radical (unpaired) electrons. The van der Waals surface area contributed by atoms with Gasteiger partial charge in [0, 0.05) is 0 Å². The van der Waals surface area contributed by atoms with E-state index in [1.165, 1.54) is 0 Å². The minimum atomic E-state index is -0.708. The third-order valence-corrected chi connectivity index (χ3v) is 3.15. The fraction of sp³-hybridized carbons (Fsp3) is 0.231. The molecule has 1 heterocycles. The number of aryl methyl sites for hydroxylation is 2. The van der Waals surface area contributed by atoms with Crippen molar-refractivity contribution in [1.82, 2.24) is 10.2 Å². The van der Waals surface area contributed by atoms with Crippen molar-refractivity contribution < 1.29 is 4.79 Å². The Labute approximate surface area is 110 Å². The van der Waals surface area contributed by atoms with Gasteiger partial charge in [0.2, 0.25) is 5.91 Å². The number of aromatic nitrogens is 2. The van der Waals surface area contributed by atoms with Gasteiger partial charge in [-0.2, -0.15) is 5.10 Å². The molecule has 0 aliphatic rings. The van der Waals surface area contributed by atoms with Gasteiger partial charge in [-0.3, -0.25) is 9.89 Å². The molecule has 0 aliphatic carbocycles. The third-order valence-electron chi connectivity index (χ3n) is 2.70. The Morgan fingerprint density at radius 3 is 2.56 bits per heavy atom. The molecule has 0 saturated heterocycles. The van der Waals surface area contributed by atoms with Crippen molar-refractivity contribution in [2.45, 2.75) is 19.2 Å². The fourth-order valence-corrected chi connectivity index (χ4v) is 1.90. The summed E-state index contributed by atoms with van der Waals surface area (Å²) in [6.07, 6.45) is 0. The lowest BCUT2D eigenvalue weighted by molar-refractivity contribution is -0.116. The summed E-state index contributed by atoms with van der Waals surface area (Å²) in [5.74, 6) is -0.254. The molecule has 5 heteroatoms. The molecule has 0 fully saturated rings. The molecular formula is C13H14ClN3O. The van der Waals surface area contributed by atoms with E-state index in [1.807, 2.05) is 44.2 Å². The van der Waals surface area contributed by atoms with E-state index in [0.29, 0.717) is 5.69 Å². The Morgan fingerprint density at radius 2 is 2.00 bits per heavy atom. The van der Waals surface area contributed by atoms with Gasteiger partial charge >= 0.3 is 0 Å². The molecule has 1 amide bonds. The normalized spacial score (nSPS) is 12.2. The lowest BCUT2D eigenvalue weighted by Gasteiger charge is -2.10. The summed E-state index contributed by atoms with van der Waals surface area (Å²) in [7, 11) is 0. The summed E-state index contributed by atoms with van der Waals surface area (Å²) < 4.78 is 0. The number of nitrogens with one attached hydrogen (secondary N) is 2. The van der Waals surface area contributed by atoms with Gasteiger partial charge in [0.05, 0.1) is 17.1 Å². The first-order valence-electron chi connectivity index (χ1n) is 5.61. The molecule has 1 atom stereocenters. The van der Waals surface area contributed by atoms with Gasteiger partial charge in [0.25, 0.3) is 0 Å². The maximum atomic E-state index is 12.0. The van der Waals surface area contributed by atoms with Crippen LogP contribution in [0.2, 0.25) is 0 Å². The van der Waals surface area contributed by atoms with E-state index >= 15 is 0 Å². The van der Waals surface area contributed by atoms with Gasteiger partial charge in [0.1, 0.15) is 5.38 Å². The number of aromatic amines is 1. The van der Waals surface area contributed by atoms with Crippen LogP contribution in [0, 0.1) is 13.8 Å². The second kappa shape index (κ2) is 5.23. The number of carbonyl (C=O) groups excluding carboxylic acids is 1. The molecule has 2 N–H and O–H groups in total. The topological polar surface area (TPSA) is 57.8 Å². The van der Waals surface area contributed by atoms with Crippen molar-refractivity contribution in [3.05, 3.63) is 47.3 Å². The van der Waals surface area contributed by atoms with Crippen molar-refractivity contribution in [2.75, 3.05) is 5.32 Å². The minimum absolute atomic E-state index is 0.254. The largest absolute Gasteiger partial charge is 0.321 e. The quantitative estimate of drug-likeness (QED) is 0.837. The summed E-state index contributed by atoms with van der Waals surface area (Å²) in [5, 5.41) is 8.92. The highest BCUT2D eigenvalue weighted by Crippen LogP contribution is 2.24. The second-order valence-corrected chi connectivity index (χ2v) is 4.51. The number of hydrogen-bond donors (Lipinski definition) is 2. The number of amides is 1. The van der Waals surface area contributed by atoms with Crippen LogP contribution >= 0.6 is 11.6 Å². The molecular weight excluding hydrogens is 250 g/mol. The first-order chi connectivity index (χ1) is 8.59. The lowest BCUT2D eigenvalue weighted by Crippen LogP contribution is -2.18. The Kier molecular flexibility index (Phi) is 3.67. The monoisotopic (exact) mass is 263 g/mol. The molecule has 1 aromatic carbocycles. The van der Waals surface area contributed by atoms with Gasteiger partial charge in [-0.25, -0.2) is 0 Å².